The highest BCUT2D eigenvalue weighted by molar-refractivity contribution is 6.04. The minimum absolute atomic E-state index is 0.0800. The van der Waals surface area contributed by atoms with E-state index in [2.05, 4.69) is 10.6 Å². The van der Waals surface area contributed by atoms with E-state index in [9.17, 15) is 19.5 Å². The van der Waals surface area contributed by atoms with Crippen molar-refractivity contribution in [2.24, 2.45) is 0 Å². The number of carbonyl (C=O) groups is 3. The molecule has 7 heteroatoms. The molecular weight excluding hydrogens is 252 g/mol. The summed E-state index contributed by atoms with van der Waals surface area (Å²) in [4.78, 5) is 33.8. The first-order valence-electron chi connectivity index (χ1n) is 5.64. The maximum atomic E-state index is 11.8. The van der Waals surface area contributed by atoms with Crippen LogP contribution < -0.4 is 10.6 Å². The zero-order valence-corrected chi connectivity index (χ0v) is 9.84. The van der Waals surface area contributed by atoms with Crippen LogP contribution in [0.4, 0.5) is 5.69 Å². The fraction of sp³-hybridized carbons (Fsp3) is 0.250. The Labute approximate surface area is 108 Å². The molecule has 1 aliphatic heterocycles. The van der Waals surface area contributed by atoms with Crippen LogP contribution in [0.1, 0.15) is 23.2 Å². The molecule has 0 radical (unpaired) electrons. The van der Waals surface area contributed by atoms with Gasteiger partial charge in [-0.05, 0) is 24.6 Å². The molecule has 1 saturated heterocycles. The number of amides is 2. The van der Waals surface area contributed by atoms with Crippen LogP contribution in [0.5, 0.6) is 5.75 Å². The number of anilines is 1. The molecule has 1 atom stereocenters. The lowest BCUT2D eigenvalue weighted by Crippen LogP contribution is -2.37. The minimum Gasteiger partial charge on any atom is -0.508 e. The van der Waals surface area contributed by atoms with Crippen molar-refractivity contribution in [3.05, 3.63) is 23.8 Å². The van der Waals surface area contributed by atoms with Gasteiger partial charge in [-0.1, -0.05) is 0 Å². The number of hydrogen-bond donors (Lipinski definition) is 4. The van der Waals surface area contributed by atoms with Gasteiger partial charge in [0.1, 0.15) is 11.8 Å². The fourth-order valence-corrected chi connectivity index (χ4v) is 1.85. The third-order valence-electron chi connectivity index (χ3n) is 2.80. The highest BCUT2D eigenvalue weighted by Crippen LogP contribution is 2.22. The molecule has 2 rings (SSSR count). The van der Waals surface area contributed by atoms with Crippen molar-refractivity contribution >= 4 is 23.5 Å². The van der Waals surface area contributed by atoms with Gasteiger partial charge < -0.3 is 20.8 Å². The molecule has 1 aromatic rings. The van der Waals surface area contributed by atoms with Crippen molar-refractivity contribution in [1.82, 2.24) is 5.32 Å². The minimum atomic E-state index is -1.26. The van der Waals surface area contributed by atoms with Crippen LogP contribution in [0.3, 0.4) is 0 Å². The molecule has 1 aromatic carbocycles. The molecule has 19 heavy (non-hydrogen) atoms. The number of benzene rings is 1. The van der Waals surface area contributed by atoms with Crippen molar-refractivity contribution in [1.29, 1.82) is 0 Å². The summed E-state index contributed by atoms with van der Waals surface area (Å²) in [5.74, 6) is -2.14. The van der Waals surface area contributed by atoms with Crippen molar-refractivity contribution in [2.75, 3.05) is 5.32 Å². The summed E-state index contributed by atoms with van der Waals surface area (Å²) in [6.45, 7) is 0. The maximum Gasteiger partial charge on any atom is 0.337 e. The zero-order chi connectivity index (χ0) is 14.0. The molecule has 1 fully saturated rings. The largest absolute Gasteiger partial charge is 0.508 e. The monoisotopic (exact) mass is 264 g/mol. The van der Waals surface area contributed by atoms with Crippen LogP contribution in [0.2, 0.25) is 0 Å². The van der Waals surface area contributed by atoms with Crippen molar-refractivity contribution in [3.63, 3.8) is 0 Å². The van der Waals surface area contributed by atoms with E-state index >= 15 is 0 Å². The van der Waals surface area contributed by atoms with Gasteiger partial charge in [0.05, 0.1) is 11.3 Å². The van der Waals surface area contributed by atoms with E-state index in [0.717, 1.165) is 6.07 Å². The second-order valence-corrected chi connectivity index (χ2v) is 4.18. The number of carboxylic acids is 1. The number of nitrogens with one attached hydrogen (secondary N) is 2. The number of aromatic hydroxyl groups is 1. The van der Waals surface area contributed by atoms with Gasteiger partial charge in [0.15, 0.2) is 0 Å². The lowest BCUT2D eigenvalue weighted by molar-refractivity contribution is -0.122. The number of rotatable bonds is 3. The van der Waals surface area contributed by atoms with Gasteiger partial charge in [0, 0.05) is 6.42 Å². The van der Waals surface area contributed by atoms with Gasteiger partial charge in [0.2, 0.25) is 11.8 Å². The van der Waals surface area contributed by atoms with Gasteiger partial charge in [-0.15, -0.1) is 0 Å². The van der Waals surface area contributed by atoms with Crippen molar-refractivity contribution < 1.29 is 24.6 Å². The van der Waals surface area contributed by atoms with Crippen LogP contribution in [0.15, 0.2) is 18.2 Å². The van der Waals surface area contributed by atoms with Crippen LogP contribution in [0.25, 0.3) is 0 Å². The molecule has 2 amide bonds. The predicted octanol–water partition coefficient (Wildman–Crippen LogP) is 0.308. The molecule has 0 saturated carbocycles. The highest BCUT2D eigenvalue weighted by atomic mass is 16.4. The Hall–Kier alpha value is -2.57. The first-order chi connectivity index (χ1) is 8.97. The second kappa shape index (κ2) is 4.97. The van der Waals surface area contributed by atoms with E-state index in [0.29, 0.717) is 6.42 Å². The first kappa shape index (κ1) is 12.9. The van der Waals surface area contributed by atoms with Gasteiger partial charge in [-0.25, -0.2) is 4.79 Å². The van der Waals surface area contributed by atoms with Gasteiger partial charge in [-0.3, -0.25) is 9.59 Å². The quantitative estimate of drug-likeness (QED) is 0.586. The number of hydrogen-bond acceptors (Lipinski definition) is 4. The standard InChI is InChI=1S/C12H12N2O5/c15-6-1-2-8(7(5-6)12(18)19)14-11(17)9-3-4-10(16)13-9/h1-2,5,9,15H,3-4H2,(H,13,16)(H,14,17)(H,18,19)/t9-/m0/s1. The number of carboxylic acid groups (broad SMARTS) is 1. The summed E-state index contributed by atoms with van der Waals surface area (Å²) in [6.07, 6.45) is 0.657. The van der Waals surface area contributed by atoms with Crippen molar-refractivity contribution in [2.45, 2.75) is 18.9 Å². The molecule has 4 N–H and O–H groups in total. The van der Waals surface area contributed by atoms with Crippen LogP contribution >= 0.6 is 0 Å². The molecule has 0 spiro atoms. The van der Waals surface area contributed by atoms with E-state index in [-0.39, 0.29) is 29.3 Å². The Kier molecular flexibility index (Phi) is 3.37. The third-order valence-corrected chi connectivity index (χ3v) is 2.80. The normalized spacial score (nSPS) is 17.9. The van der Waals surface area contributed by atoms with E-state index in [4.69, 9.17) is 5.11 Å². The maximum absolute atomic E-state index is 11.8. The Morgan fingerprint density at radius 1 is 1.37 bits per heavy atom. The summed E-state index contributed by atoms with van der Waals surface area (Å²) in [5, 5.41) is 23.1. The Balaban J connectivity index is 2.17. The summed E-state index contributed by atoms with van der Waals surface area (Å²) in [6, 6.07) is 2.97. The summed E-state index contributed by atoms with van der Waals surface area (Å²) < 4.78 is 0. The number of phenols is 1. The Morgan fingerprint density at radius 2 is 2.11 bits per heavy atom. The lowest BCUT2D eigenvalue weighted by Gasteiger charge is -2.12. The number of carbonyl (C=O) groups excluding carboxylic acids is 2. The molecule has 7 nitrogen and oxygen atoms in total. The second-order valence-electron chi connectivity index (χ2n) is 4.18. The van der Waals surface area contributed by atoms with Crippen LogP contribution in [-0.2, 0) is 9.59 Å². The van der Waals surface area contributed by atoms with Gasteiger partial charge in [-0.2, -0.15) is 0 Å². The molecule has 0 aliphatic carbocycles. The number of phenolic OH excluding ortho intramolecular Hbond substituents is 1. The highest BCUT2D eigenvalue weighted by Gasteiger charge is 2.27. The van der Waals surface area contributed by atoms with Crippen LogP contribution in [0, 0.1) is 0 Å². The number of aromatic carboxylic acids is 1. The average molecular weight is 264 g/mol. The van der Waals surface area contributed by atoms with E-state index in [1.807, 2.05) is 0 Å². The SMILES string of the molecule is O=C1CC[C@@H](C(=O)Nc2ccc(O)cc2C(=O)O)N1. The Morgan fingerprint density at radius 3 is 2.68 bits per heavy atom. The molecule has 0 bridgehead atoms. The topological polar surface area (TPSA) is 116 Å². The van der Waals surface area contributed by atoms with Gasteiger partial charge >= 0.3 is 5.97 Å². The van der Waals surface area contributed by atoms with E-state index in [1.54, 1.807) is 0 Å². The lowest BCUT2D eigenvalue weighted by atomic mass is 10.1. The Bertz CT molecular complexity index is 555. The van der Waals surface area contributed by atoms with Crippen LogP contribution in [-0.4, -0.2) is 34.0 Å². The zero-order valence-electron chi connectivity index (χ0n) is 9.84. The molecule has 1 aliphatic rings. The van der Waals surface area contributed by atoms with E-state index < -0.39 is 17.9 Å². The smallest absolute Gasteiger partial charge is 0.337 e. The molecule has 1 heterocycles. The van der Waals surface area contributed by atoms with Crippen molar-refractivity contribution in [3.8, 4) is 5.75 Å². The fourth-order valence-electron chi connectivity index (χ4n) is 1.85. The summed E-state index contributed by atoms with van der Waals surface area (Å²) >= 11 is 0. The summed E-state index contributed by atoms with van der Waals surface area (Å²) in [7, 11) is 0. The molecule has 100 valence electrons. The molecular formula is C12H12N2O5. The molecule has 0 unspecified atom stereocenters. The third kappa shape index (κ3) is 2.82. The first-order valence-corrected chi connectivity index (χ1v) is 5.64. The average Bonchev–Trinajstić information content (AvgIpc) is 2.78. The van der Waals surface area contributed by atoms with E-state index in [1.165, 1.54) is 12.1 Å². The summed E-state index contributed by atoms with van der Waals surface area (Å²) in [5.41, 5.74) is -0.130. The molecule has 0 aromatic heterocycles. The predicted molar refractivity (Wildman–Crippen MR) is 64.9 cm³/mol. The van der Waals surface area contributed by atoms with Gasteiger partial charge in [0.25, 0.3) is 0 Å².